The molecule has 1 amide bonds. The number of benzene rings is 1. The van der Waals surface area contributed by atoms with Crippen LogP contribution in [0.15, 0.2) is 24.3 Å². The summed E-state index contributed by atoms with van der Waals surface area (Å²) in [6, 6.07) is 7.21. The molecule has 0 bridgehead atoms. The van der Waals surface area contributed by atoms with Crippen molar-refractivity contribution in [3.05, 3.63) is 40.7 Å². The first kappa shape index (κ1) is 16.0. The van der Waals surface area contributed by atoms with Gasteiger partial charge in [-0.1, -0.05) is 17.7 Å². The SMILES string of the molecule is Cc1nn(-c2cccc(Cl)c2)nc1C(=O)N1C[C@@H](C)O[C@@H](C)C1. The minimum atomic E-state index is -0.113. The highest BCUT2D eigenvalue weighted by Crippen LogP contribution is 2.17. The van der Waals surface area contributed by atoms with E-state index in [1.807, 2.05) is 26.0 Å². The summed E-state index contributed by atoms with van der Waals surface area (Å²) in [5.74, 6) is -0.113. The predicted molar refractivity (Wildman–Crippen MR) is 87.0 cm³/mol. The maximum Gasteiger partial charge on any atom is 0.276 e. The maximum absolute atomic E-state index is 12.8. The molecule has 0 unspecified atom stereocenters. The predicted octanol–water partition coefficient (Wildman–Crippen LogP) is 2.48. The van der Waals surface area contributed by atoms with Gasteiger partial charge in [0.05, 0.1) is 23.6 Å². The second-order valence-electron chi connectivity index (χ2n) is 5.87. The Morgan fingerprint density at radius 3 is 2.61 bits per heavy atom. The van der Waals surface area contributed by atoms with Crippen molar-refractivity contribution in [2.75, 3.05) is 13.1 Å². The Kier molecular flexibility index (Phi) is 4.37. The topological polar surface area (TPSA) is 60.2 Å². The number of morpholine rings is 1. The Morgan fingerprint density at radius 1 is 1.26 bits per heavy atom. The fourth-order valence-corrected chi connectivity index (χ4v) is 2.97. The lowest BCUT2D eigenvalue weighted by Gasteiger charge is -2.34. The zero-order valence-corrected chi connectivity index (χ0v) is 14.1. The molecule has 6 nitrogen and oxygen atoms in total. The van der Waals surface area contributed by atoms with Gasteiger partial charge in [-0.15, -0.1) is 5.10 Å². The summed E-state index contributed by atoms with van der Waals surface area (Å²) in [7, 11) is 0. The Hall–Kier alpha value is -1.92. The first-order valence-corrected chi connectivity index (χ1v) is 7.96. The molecule has 1 fully saturated rings. The van der Waals surface area contributed by atoms with Crippen molar-refractivity contribution >= 4 is 17.5 Å². The molecule has 1 aliphatic rings. The Morgan fingerprint density at radius 2 is 1.96 bits per heavy atom. The average molecular weight is 335 g/mol. The molecule has 122 valence electrons. The molecule has 2 atom stereocenters. The third-order valence-corrected chi connectivity index (χ3v) is 3.97. The molecule has 0 saturated carbocycles. The zero-order chi connectivity index (χ0) is 16.6. The zero-order valence-electron chi connectivity index (χ0n) is 13.4. The van der Waals surface area contributed by atoms with Gasteiger partial charge in [0.15, 0.2) is 5.69 Å². The van der Waals surface area contributed by atoms with Crippen LogP contribution in [0.5, 0.6) is 0 Å². The van der Waals surface area contributed by atoms with Crippen LogP contribution in [0.3, 0.4) is 0 Å². The summed E-state index contributed by atoms with van der Waals surface area (Å²) in [6.45, 7) is 6.84. The number of aryl methyl sites for hydroxylation is 1. The largest absolute Gasteiger partial charge is 0.372 e. The van der Waals surface area contributed by atoms with Crippen LogP contribution in [0, 0.1) is 6.92 Å². The molecule has 2 heterocycles. The molecule has 0 radical (unpaired) electrons. The number of carbonyl (C=O) groups excluding carboxylic acids is 1. The van der Waals surface area contributed by atoms with Gasteiger partial charge in [0, 0.05) is 18.1 Å². The molecule has 1 aromatic carbocycles. The molecule has 1 aromatic heterocycles. The molecule has 0 spiro atoms. The highest BCUT2D eigenvalue weighted by atomic mass is 35.5. The summed E-state index contributed by atoms with van der Waals surface area (Å²) in [4.78, 5) is 16.0. The summed E-state index contributed by atoms with van der Waals surface area (Å²) in [6.07, 6.45) is 0.0389. The van der Waals surface area contributed by atoms with E-state index in [4.69, 9.17) is 16.3 Å². The van der Waals surface area contributed by atoms with Crippen LogP contribution in [-0.2, 0) is 4.74 Å². The van der Waals surface area contributed by atoms with Crippen molar-refractivity contribution in [1.82, 2.24) is 19.9 Å². The van der Waals surface area contributed by atoms with Crippen molar-refractivity contribution in [3.8, 4) is 5.69 Å². The molecule has 2 aromatic rings. The number of amides is 1. The van der Waals surface area contributed by atoms with Gasteiger partial charge in [0.2, 0.25) is 0 Å². The van der Waals surface area contributed by atoms with E-state index in [0.29, 0.717) is 29.5 Å². The second kappa shape index (κ2) is 6.29. The van der Waals surface area contributed by atoms with Crippen molar-refractivity contribution in [1.29, 1.82) is 0 Å². The number of nitrogens with zero attached hydrogens (tertiary/aromatic N) is 4. The van der Waals surface area contributed by atoms with Crippen molar-refractivity contribution in [3.63, 3.8) is 0 Å². The van der Waals surface area contributed by atoms with Gasteiger partial charge >= 0.3 is 0 Å². The van der Waals surface area contributed by atoms with Gasteiger partial charge in [0.25, 0.3) is 5.91 Å². The standard InChI is InChI=1S/C16H19ClN4O2/c1-10-8-20(9-11(2)23-10)16(22)15-12(3)18-21(19-15)14-6-4-5-13(17)7-14/h4-7,10-11H,8-9H2,1-3H3/t10-,11+. The average Bonchev–Trinajstić information content (AvgIpc) is 2.87. The Balaban J connectivity index is 1.87. The first-order valence-electron chi connectivity index (χ1n) is 7.58. The molecule has 7 heteroatoms. The van der Waals surface area contributed by atoms with Gasteiger partial charge in [-0.3, -0.25) is 4.79 Å². The van der Waals surface area contributed by atoms with Crippen LogP contribution in [0.1, 0.15) is 30.0 Å². The number of rotatable bonds is 2. The Bertz CT molecular complexity index is 721. The van der Waals surface area contributed by atoms with E-state index in [0.717, 1.165) is 5.69 Å². The van der Waals surface area contributed by atoms with E-state index < -0.39 is 0 Å². The fraction of sp³-hybridized carbons (Fsp3) is 0.438. The van der Waals surface area contributed by atoms with Gasteiger partial charge in [0.1, 0.15) is 0 Å². The monoisotopic (exact) mass is 334 g/mol. The third kappa shape index (κ3) is 3.38. The minimum absolute atomic E-state index is 0.0194. The normalized spacial score (nSPS) is 21.5. The molecule has 1 aliphatic heterocycles. The molecular formula is C16H19ClN4O2. The highest BCUT2D eigenvalue weighted by molar-refractivity contribution is 6.30. The van der Waals surface area contributed by atoms with Gasteiger partial charge in [-0.05, 0) is 39.0 Å². The maximum atomic E-state index is 12.8. The van der Waals surface area contributed by atoms with Gasteiger partial charge in [-0.2, -0.15) is 9.90 Å². The summed E-state index contributed by atoms with van der Waals surface area (Å²) in [5.41, 5.74) is 1.69. The highest BCUT2D eigenvalue weighted by Gasteiger charge is 2.29. The first-order chi connectivity index (χ1) is 10.9. The summed E-state index contributed by atoms with van der Waals surface area (Å²) in [5, 5.41) is 9.30. The Labute approximate surface area is 140 Å². The number of hydrogen-bond donors (Lipinski definition) is 0. The molecule has 0 aliphatic carbocycles. The van der Waals surface area contributed by atoms with Crippen LogP contribution in [0.4, 0.5) is 0 Å². The number of aromatic nitrogens is 3. The minimum Gasteiger partial charge on any atom is -0.372 e. The molecular weight excluding hydrogens is 316 g/mol. The van der Waals surface area contributed by atoms with E-state index in [1.165, 1.54) is 4.80 Å². The summed E-state index contributed by atoms with van der Waals surface area (Å²) < 4.78 is 5.67. The number of hydrogen-bond acceptors (Lipinski definition) is 4. The van der Waals surface area contributed by atoms with E-state index in [-0.39, 0.29) is 18.1 Å². The van der Waals surface area contributed by atoms with Crippen LogP contribution >= 0.6 is 11.6 Å². The quantitative estimate of drug-likeness (QED) is 0.846. The number of halogens is 1. The lowest BCUT2D eigenvalue weighted by atomic mass is 10.2. The van der Waals surface area contributed by atoms with Crippen molar-refractivity contribution in [2.45, 2.75) is 33.0 Å². The van der Waals surface area contributed by atoms with Crippen LogP contribution in [0.25, 0.3) is 5.69 Å². The lowest BCUT2D eigenvalue weighted by Crippen LogP contribution is -2.48. The molecule has 1 saturated heterocycles. The van der Waals surface area contributed by atoms with Crippen LogP contribution in [-0.4, -0.2) is 51.1 Å². The van der Waals surface area contributed by atoms with Crippen molar-refractivity contribution in [2.24, 2.45) is 0 Å². The van der Waals surface area contributed by atoms with Crippen LogP contribution < -0.4 is 0 Å². The lowest BCUT2D eigenvalue weighted by molar-refractivity contribution is -0.0587. The van der Waals surface area contributed by atoms with Gasteiger partial charge in [-0.25, -0.2) is 0 Å². The number of ether oxygens (including phenoxy) is 1. The van der Waals surface area contributed by atoms with Gasteiger partial charge < -0.3 is 9.64 Å². The second-order valence-corrected chi connectivity index (χ2v) is 6.31. The molecule has 23 heavy (non-hydrogen) atoms. The molecule has 3 rings (SSSR count). The summed E-state index contributed by atoms with van der Waals surface area (Å²) >= 11 is 6.00. The van der Waals surface area contributed by atoms with Crippen molar-refractivity contribution < 1.29 is 9.53 Å². The van der Waals surface area contributed by atoms with E-state index in [1.54, 1.807) is 24.0 Å². The smallest absolute Gasteiger partial charge is 0.276 e. The van der Waals surface area contributed by atoms with E-state index >= 15 is 0 Å². The van der Waals surface area contributed by atoms with E-state index in [2.05, 4.69) is 10.2 Å². The molecule has 0 N–H and O–H groups in total. The van der Waals surface area contributed by atoms with E-state index in [9.17, 15) is 4.79 Å². The third-order valence-electron chi connectivity index (χ3n) is 3.73. The fourth-order valence-electron chi connectivity index (χ4n) is 2.79. The number of carbonyl (C=O) groups is 1. The van der Waals surface area contributed by atoms with Crippen LogP contribution in [0.2, 0.25) is 5.02 Å².